The van der Waals surface area contributed by atoms with Crippen molar-refractivity contribution in [1.82, 2.24) is 4.72 Å². The number of benzene rings is 1. The largest absolute Gasteiger partial charge is 0.495 e. The van der Waals surface area contributed by atoms with E-state index in [1.165, 1.54) is 13.2 Å². The quantitative estimate of drug-likeness (QED) is 0.726. The Kier molecular flexibility index (Phi) is 5.94. The summed E-state index contributed by atoms with van der Waals surface area (Å²) in [6, 6.07) is 4.84. The van der Waals surface area contributed by atoms with Crippen LogP contribution in [-0.2, 0) is 16.6 Å². The Morgan fingerprint density at radius 3 is 2.72 bits per heavy atom. The molecule has 0 saturated heterocycles. The van der Waals surface area contributed by atoms with Crippen LogP contribution < -0.4 is 15.2 Å². The van der Waals surface area contributed by atoms with Crippen molar-refractivity contribution in [2.75, 3.05) is 25.7 Å². The summed E-state index contributed by atoms with van der Waals surface area (Å²) in [6.45, 7) is 0.738. The third kappa shape index (κ3) is 3.88. The second-order valence-corrected chi connectivity index (χ2v) is 6.30. The molecule has 7 heteroatoms. The molecule has 0 spiro atoms. The van der Waals surface area contributed by atoms with E-state index in [1.807, 2.05) is 6.26 Å². The van der Waals surface area contributed by atoms with Crippen molar-refractivity contribution < 1.29 is 13.2 Å². The highest BCUT2D eigenvalue weighted by Gasteiger charge is 2.18. The predicted octanol–water partition coefficient (Wildman–Crippen LogP) is 0.795. The summed E-state index contributed by atoms with van der Waals surface area (Å²) < 4.78 is 31.7. The smallest absolute Gasteiger partial charge is 0.244 e. The maximum absolute atomic E-state index is 12.1. The topological polar surface area (TPSA) is 81.4 Å². The van der Waals surface area contributed by atoms with Gasteiger partial charge in [0.1, 0.15) is 10.6 Å². The SMILES string of the molecule is COc1cc(CN)ccc1S(=O)(=O)NCCSC. The Morgan fingerprint density at radius 2 is 2.17 bits per heavy atom. The lowest BCUT2D eigenvalue weighted by Crippen LogP contribution is -2.26. The van der Waals surface area contributed by atoms with Crippen LogP contribution in [0.2, 0.25) is 0 Å². The summed E-state index contributed by atoms with van der Waals surface area (Å²) in [5, 5.41) is 0. The number of rotatable bonds is 7. The molecule has 3 N–H and O–H groups in total. The molecule has 0 fully saturated rings. The van der Waals surface area contributed by atoms with Gasteiger partial charge in [-0.2, -0.15) is 11.8 Å². The van der Waals surface area contributed by atoms with E-state index >= 15 is 0 Å². The van der Waals surface area contributed by atoms with Gasteiger partial charge >= 0.3 is 0 Å². The monoisotopic (exact) mass is 290 g/mol. The minimum Gasteiger partial charge on any atom is -0.495 e. The van der Waals surface area contributed by atoms with Gasteiger partial charge in [0.25, 0.3) is 0 Å². The molecule has 1 rings (SSSR count). The minimum atomic E-state index is -3.53. The zero-order chi connectivity index (χ0) is 13.6. The van der Waals surface area contributed by atoms with E-state index in [1.54, 1.807) is 23.9 Å². The lowest BCUT2D eigenvalue weighted by Gasteiger charge is -2.11. The van der Waals surface area contributed by atoms with Crippen molar-refractivity contribution >= 4 is 21.8 Å². The van der Waals surface area contributed by atoms with Crippen LogP contribution in [0.1, 0.15) is 5.56 Å². The highest BCUT2D eigenvalue weighted by Crippen LogP contribution is 2.24. The third-order valence-electron chi connectivity index (χ3n) is 2.35. The first kappa shape index (κ1) is 15.3. The number of ether oxygens (including phenoxy) is 1. The highest BCUT2D eigenvalue weighted by atomic mass is 32.2. The number of nitrogens with one attached hydrogen (secondary N) is 1. The van der Waals surface area contributed by atoms with Crippen molar-refractivity contribution in [3.8, 4) is 5.75 Å². The van der Waals surface area contributed by atoms with Crippen molar-refractivity contribution in [1.29, 1.82) is 0 Å². The van der Waals surface area contributed by atoms with Crippen LogP contribution in [0.3, 0.4) is 0 Å². The number of hydrogen-bond donors (Lipinski definition) is 2. The molecule has 18 heavy (non-hydrogen) atoms. The van der Waals surface area contributed by atoms with Gasteiger partial charge < -0.3 is 10.5 Å². The van der Waals surface area contributed by atoms with E-state index in [-0.39, 0.29) is 4.90 Å². The molecule has 5 nitrogen and oxygen atoms in total. The number of sulfonamides is 1. The van der Waals surface area contributed by atoms with E-state index in [2.05, 4.69) is 4.72 Å². The van der Waals surface area contributed by atoms with Gasteiger partial charge in [-0.15, -0.1) is 0 Å². The Balaban J connectivity index is 3.00. The molecule has 0 aliphatic carbocycles. The maximum Gasteiger partial charge on any atom is 0.244 e. The third-order valence-corrected chi connectivity index (χ3v) is 4.46. The lowest BCUT2D eigenvalue weighted by atomic mass is 10.2. The van der Waals surface area contributed by atoms with Crippen LogP contribution in [0.25, 0.3) is 0 Å². The van der Waals surface area contributed by atoms with Gasteiger partial charge in [-0.05, 0) is 24.0 Å². The van der Waals surface area contributed by atoms with Crippen molar-refractivity contribution in [3.05, 3.63) is 23.8 Å². The maximum atomic E-state index is 12.1. The highest BCUT2D eigenvalue weighted by molar-refractivity contribution is 7.98. The van der Waals surface area contributed by atoms with Crippen LogP contribution in [0.5, 0.6) is 5.75 Å². The first-order chi connectivity index (χ1) is 8.55. The molecule has 0 atom stereocenters. The van der Waals surface area contributed by atoms with Crippen LogP contribution in [0, 0.1) is 0 Å². The Bertz CT molecular complexity index is 489. The Hall–Kier alpha value is -0.760. The average Bonchev–Trinajstić information content (AvgIpc) is 2.38. The van der Waals surface area contributed by atoms with Crippen LogP contribution in [0.15, 0.2) is 23.1 Å². The van der Waals surface area contributed by atoms with Gasteiger partial charge in [0.2, 0.25) is 10.0 Å². The molecule has 0 bridgehead atoms. The van der Waals surface area contributed by atoms with Crippen LogP contribution in [0.4, 0.5) is 0 Å². The molecular formula is C11H18N2O3S2. The fourth-order valence-electron chi connectivity index (χ4n) is 1.42. The van der Waals surface area contributed by atoms with Crippen molar-refractivity contribution in [2.24, 2.45) is 5.73 Å². The predicted molar refractivity (Wildman–Crippen MR) is 74.5 cm³/mol. The molecule has 1 aromatic rings. The molecule has 1 aromatic carbocycles. The molecular weight excluding hydrogens is 272 g/mol. The lowest BCUT2D eigenvalue weighted by molar-refractivity contribution is 0.402. The van der Waals surface area contributed by atoms with E-state index in [9.17, 15) is 8.42 Å². The Morgan fingerprint density at radius 1 is 1.44 bits per heavy atom. The summed E-state index contributed by atoms with van der Waals surface area (Å²) >= 11 is 1.58. The second kappa shape index (κ2) is 6.98. The summed E-state index contributed by atoms with van der Waals surface area (Å²) in [7, 11) is -2.09. The molecule has 0 saturated carbocycles. The van der Waals surface area contributed by atoms with Crippen LogP contribution >= 0.6 is 11.8 Å². The molecule has 102 valence electrons. The first-order valence-corrected chi connectivity index (χ1v) is 8.28. The molecule has 0 radical (unpaired) electrons. The minimum absolute atomic E-state index is 0.142. The number of nitrogens with two attached hydrogens (primary N) is 1. The molecule has 0 amide bonds. The van der Waals surface area contributed by atoms with E-state index < -0.39 is 10.0 Å². The molecule has 0 heterocycles. The number of methoxy groups -OCH3 is 1. The zero-order valence-corrected chi connectivity index (χ0v) is 12.1. The summed E-state index contributed by atoms with van der Waals surface area (Å²) in [4.78, 5) is 0.142. The van der Waals surface area contributed by atoms with Gasteiger partial charge in [0.15, 0.2) is 0 Å². The fourth-order valence-corrected chi connectivity index (χ4v) is 3.03. The molecule has 0 unspecified atom stereocenters. The van der Waals surface area contributed by atoms with E-state index in [0.717, 1.165) is 11.3 Å². The summed E-state index contributed by atoms with van der Waals surface area (Å²) in [6.07, 6.45) is 1.92. The standard InChI is InChI=1S/C11H18N2O3S2/c1-16-10-7-9(8-12)3-4-11(10)18(14,15)13-5-6-17-2/h3-4,7,13H,5-6,8,12H2,1-2H3. The van der Waals surface area contributed by atoms with Gasteiger partial charge in [-0.3, -0.25) is 0 Å². The zero-order valence-electron chi connectivity index (χ0n) is 10.5. The second-order valence-electron chi connectivity index (χ2n) is 3.58. The van der Waals surface area contributed by atoms with Gasteiger partial charge in [0, 0.05) is 18.8 Å². The molecule has 0 aliphatic heterocycles. The fraction of sp³-hybridized carbons (Fsp3) is 0.455. The molecule has 0 aliphatic rings. The summed E-state index contributed by atoms with van der Waals surface area (Å²) in [5.74, 6) is 1.04. The number of thioether (sulfide) groups is 1. The number of hydrogen-bond acceptors (Lipinski definition) is 5. The van der Waals surface area contributed by atoms with Crippen molar-refractivity contribution in [3.63, 3.8) is 0 Å². The van der Waals surface area contributed by atoms with Crippen molar-refractivity contribution in [2.45, 2.75) is 11.4 Å². The van der Waals surface area contributed by atoms with E-state index in [4.69, 9.17) is 10.5 Å². The first-order valence-electron chi connectivity index (χ1n) is 5.40. The average molecular weight is 290 g/mol. The summed E-state index contributed by atoms with van der Waals surface area (Å²) in [5.41, 5.74) is 6.34. The van der Waals surface area contributed by atoms with E-state index in [0.29, 0.717) is 18.8 Å². The van der Waals surface area contributed by atoms with Crippen LogP contribution in [-0.4, -0.2) is 34.1 Å². The van der Waals surface area contributed by atoms with Gasteiger partial charge in [0.05, 0.1) is 7.11 Å². The Labute approximate surface area is 112 Å². The van der Waals surface area contributed by atoms with Gasteiger partial charge in [-0.25, -0.2) is 13.1 Å². The normalized spacial score (nSPS) is 11.5. The molecule has 0 aromatic heterocycles. The van der Waals surface area contributed by atoms with Gasteiger partial charge in [-0.1, -0.05) is 6.07 Å².